The number of carbonyl (C=O) groups is 1. The molecule has 0 aromatic heterocycles. The number of carbonyl (C=O) groups excluding carboxylic acids is 1. The molecular formula is C27H55O6PS. The largest absolute Gasteiger partial charge is 0.534 e. The van der Waals surface area contributed by atoms with Crippen molar-refractivity contribution in [1.29, 1.82) is 0 Å². The normalized spacial score (nSPS) is 14.9. The van der Waals surface area contributed by atoms with Gasteiger partial charge in [-0.2, -0.15) is 11.8 Å². The average molecular weight is 539 g/mol. The van der Waals surface area contributed by atoms with Gasteiger partial charge in [-0.3, -0.25) is 9.05 Å². The first-order chi connectivity index (χ1) is 16.9. The highest BCUT2D eigenvalue weighted by Crippen LogP contribution is 2.52. The summed E-state index contributed by atoms with van der Waals surface area (Å²) in [7, 11) is -4.04. The molecule has 0 aromatic carbocycles. The van der Waals surface area contributed by atoms with Gasteiger partial charge in [0.15, 0.2) is 0 Å². The summed E-state index contributed by atoms with van der Waals surface area (Å²) in [4.78, 5) is 11.8. The third-order valence-electron chi connectivity index (χ3n) is 5.89. The summed E-state index contributed by atoms with van der Waals surface area (Å²) in [6.07, 6.45) is 18.1. The second kappa shape index (κ2) is 24.1. The van der Waals surface area contributed by atoms with Crippen LogP contribution in [0, 0.1) is 0 Å². The maximum absolute atomic E-state index is 13.2. The second-order valence-corrected chi connectivity index (χ2v) is 12.2. The fourth-order valence-corrected chi connectivity index (χ4v) is 6.61. The Bertz CT molecular complexity index is 534. The lowest BCUT2D eigenvalue weighted by molar-refractivity contribution is 0.0589. The Labute approximate surface area is 221 Å². The maximum atomic E-state index is 13.2. The van der Waals surface area contributed by atoms with Crippen molar-refractivity contribution in [2.75, 3.05) is 19.0 Å². The van der Waals surface area contributed by atoms with Gasteiger partial charge in [-0.1, -0.05) is 104 Å². The summed E-state index contributed by atoms with van der Waals surface area (Å²) in [6, 6.07) is 0. The van der Waals surface area contributed by atoms with Crippen molar-refractivity contribution in [3.8, 4) is 0 Å². The van der Waals surface area contributed by atoms with E-state index in [-0.39, 0.29) is 24.6 Å². The number of unbranched alkanes of at least 4 members (excludes halogenated alkanes) is 12. The number of hydrogen-bond donors (Lipinski definition) is 0. The number of thioether (sulfide) groups is 1. The molecule has 0 aliphatic rings. The molecule has 210 valence electrons. The molecule has 0 bridgehead atoms. The molecule has 35 heavy (non-hydrogen) atoms. The average Bonchev–Trinajstić information content (AvgIpc) is 2.82. The molecule has 3 atom stereocenters. The molecule has 0 aromatic rings. The summed E-state index contributed by atoms with van der Waals surface area (Å²) >= 11 is 1.89. The Balaban J connectivity index is 4.72. The molecular weight excluding hydrogens is 483 g/mol. The van der Waals surface area contributed by atoms with E-state index in [4.69, 9.17) is 18.3 Å². The highest BCUT2D eigenvalue weighted by molar-refractivity contribution is 7.99. The minimum absolute atomic E-state index is 0.136. The Morgan fingerprint density at radius 2 is 1.31 bits per heavy atom. The monoisotopic (exact) mass is 538 g/mol. The van der Waals surface area contributed by atoms with Gasteiger partial charge < -0.3 is 9.26 Å². The van der Waals surface area contributed by atoms with E-state index in [1.165, 1.54) is 83.5 Å². The summed E-state index contributed by atoms with van der Waals surface area (Å²) in [6.45, 7) is 10.3. The van der Waals surface area contributed by atoms with Gasteiger partial charge in [0.1, 0.15) is 0 Å². The maximum Gasteiger partial charge on any atom is 0.534 e. The standard InChI is InChI=1S/C27H55O6PS/c1-6-10-12-14-15-16-17-19-21-24-35-26(22-20-18-13-11-7-2)25(5)32-34(29,31-23-8-3)33-27(28)30-9-4/h25-26H,6-24H2,1-5H3. The first kappa shape index (κ1) is 34.8. The molecule has 0 amide bonds. The number of phosphoric acid groups is 1. The first-order valence-electron chi connectivity index (χ1n) is 14.3. The lowest BCUT2D eigenvalue weighted by Crippen LogP contribution is -2.24. The zero-order valence-electron chi connectivity index (χ0n) is 23.4. The molecule has 0 saturated heterocycles. The summed E-state index contributed by atoms with van der Waals surface area (Å²) in [5.74, 6) is 1.06. The van der Waals surface area contributed by atoms with Crippen LogP contribution in [0.1, 0.15) is 137 Å². The highest BCUT2D eigenvalue weighted by atomic mass is 32.2. The molecule has 3 unspecified atom stereocenters. The fourth-order valence-electron chi connectivity index (χ4n) is 3.84. The van der Waals surface area contributed by atoms with E-state index in [0.717, 1.165) is 18.6 Å². The predicted molar refractivity (Wildman–Crippen MR) is 149 cm³/mol. The van der Waals surface area contributed by atoms with Gasteiger partial charge >= 0.3 is 14.0 Å². The predicted octanol–water partition coefficient (Wildman–Crippen LogP) is 10.1. The van der Waals surface area contributed by atoms with Gasteiger partial charge in [-0.15, -0.1) is 0 Å². The molecule has 0 N–H and O–H groups in total. The molecule has 0 aliphatic carbocycles. The van der Waals surface area contributed by atoms with E-state index < -0.39 is 14.0 Å². The molecule has 0 fully saturated rings. The van der Waals surface area contributed by atoms with Gasteiger partial charge in [0.05, 0.1) is 19.3 Å². The third-order valence-corrected chi connectivity index (χ3v) is 8.93. The van der Waals surface area contributed by atoms with Gasteiger partial charge in [0, 0.05) is 5.25 Å². The topological polar surface area (TPSA) is 71.1 Å². The molecule has 8 heteroatoms. The Hall–Kier alpha value is -0.230. The highest BCUT2D eigenvalue weighted by Gasteiger charge is 2.36. The van der Waals surface area contributed by atoms with Crippen molar-refractivity contribution in [2.24, 2.45) is 0 Å². The first-order valence-corrected chi connectivity index (χ1v) is 16.8. The van der Waals surface area contributed by atoms with Crippen LogP contribution in [0.2, 0.25) is 0 Å². The fraction of sp³-hybridized carbons (Fsp3) is 0.963. The van der Waals surface area contributed by atoms with Crippen molar-refractivity contribution < 1.29 is 27.7 Å². The minimum atomic E-state index is -4.04. The van der Waals surface area contributed by atoms with Crippen molar-refractivity contribution in [3.05, 3.63) is 0 Å². The molecule has 0 saturated carbocycles. The molecule has 6 nitrogen and oxygen atoms in total. The van der Waals surface area contributed by atoms with E-state index >= 15 is 0 Å². The van der Waals surface area contributed by atoms with Gasteiger partial charge in [0.25, 0.3) is 0 Å². The molecule has 0 spiro atoms. The van der Waals surface area contributed by atoms with Gasteiger partial charge in [-0.05, 0) is 38.9 Å². The lowest BCUT2D eigenvalue weighted by Gasteiger charge is -2.27. The van der Waals surface area contributed by atoms with Gasteiger partial charge in [0.2, 0.25) is 0 Å². The quantitative estimate of drug-likeness (QED) is 0.0650. The van der Waals surface area contributed by atoms with E-state index in [1.54, 1.807) is 6.92 Å². The number of hydrogen-bond acceptors (Lipinski definition) is 7. The lowest BCUT2D eigenvalue weighted by atomic mass is 10.1. The summed E-state index contributed by atoms with van der Waals surface area (Å²) in [5.41, 5.74) is 0. The van der Waals surface area contributed by atoms with Crippen LogP contribution in [-0.2, 0) is 22.9 Å². The van der Waals surface area contributed by atoms with Crippen molar-refractivity contribution in [2.45, 2.75) is 149 Å². The van der Waals surface area contributed by atoms with Crippen LogP contribution >= 0.6 is 19.6 Å². The van der Waals surface area contributed by atoms with Crippen LogP contribution in [0.15, 0.2) is 0 Å². The van der Waals surface area contributed by atoms with Crippen LogP contribution in [0.3, 0.4) is 0 Å². The Morgan fingerprint density at radius 3 is 1.86 bits per heavy atom. The number of phosphoric ester groups is 1. The van der Waals surface area contributed by atoms with Crippen LogP contribution in [0.5, 0.6) is 0 Å². The summed E-state index contributed by atoms with van der Waals surface area (Å²) < 4.78 is 34.2. The van der Waals surface area contributed by atoms with Crippen LogP contribution < -0.4 is 0 Å². The number of rotatable bonds is 25. The van der Waals surface area contributed by atoms with E-state index in [9.17, 15) is 9.36 Å². The molecule has 0 aliphatic heterocycles. The molecule has 0 rings (SSSR count). The smallest absolute Gasteiger partial charge is 0.434 e. The Morgan fingerprint density at radius 1 is 0.771 bits per heavy atom. The van der Waals surface area contributed by atoms with Crippen LogP contribution in [0.4, 0.5) is 4.79 Å². The minimum Gasteiger partial charge on any atom is -0.434 e. The van der Waals surface area contributed by atoms with E-state index in [2.05, 4.69) is 13.8 Å². The van der Waals surface area contributed by atoms with Crippen LogP contribution in [0.25, 0.3) is 0 Å². The molecule has 0 radical (unpaired) electrons. The zero-order valence-corrected chi connectivity index (χ0v) is 25.1. The SMILES string of the molecule is CCCCCCCCCCCSC(CCCCCCC)C(C)OP(=O)(OCCC)OC(=O)OCC. The van der Waals surface area contributed by atoms with Crippen molar-refractivity contribution in [1.82, 2.24) is 0 Å². The van der Waals surface area contributed by atoms with Gasteiger partial charge in [-0.25, -0.2) is 9.36 Å². The van der Waals surface area contributed by atoms with Crippen molar-refractivity contribution >= 4 is 25.7 Å². The second-order valence-electron chi connectivity index (χ2n) is 9.31. The summed E-state index contributed by atoms with van der Waals surface area (Å²) in [5, 5.41) is 0.176. The van der Waals surface area contributed by atoms with E-state index in [1.807, 2.05) is 25.6 Å². The molecule has 0 heterocycles. The van der Waals surface area contributed by atoms with Crippen LogP contribution in [-0.4, -0.2) is 36.5 Å². The van der Waals surface area contributed by atoms with Crippen molar-refractivity contribution in [3.63, 3.8) is 0 Å². The zero-order chi connectivity index (χ0) is 26.2. The van der Waals surface area contributed by atoms with E-state index in [0.29, 0.717) is 6.42 Å². The third kappa shape index (κ3) is 20.5. The Kier molecular flexibility index (Phi) is 24.0. The number of ether oxygens (including phenoxy) is 1.